The molecule has 1 amide bonds. The van der Waals surface area contributed by atoms with Crippen LogP contribution in [0.3, 0.4) is 0 Å². The van der Waals surface area contributed by atoms with Gasteiger partial charge in [0.05, 0.1) is 12.8 Å². The standard InChI is InChI=1S/C18H15ClN2O3/c1-11-3-8-16(23-2)14(9-11)20-18(22)15-10-17(24-21-15)12-4-6-13(19)7-5-12/h3-10H,1-2H3,(H,20,22). The largest absolute Gasteiger partial charge is 0.495 e. The van der Waals surface area contributed by atoms with E-state index in [-0.39, 0.29) is 11.6 Å². The molecule has 1 aromatic heterocycles. The minimum atomic E-state index is -0.372. The number of halogens is 1. The summed E-state index contributed by atoms with van der Waals surface area (Å²) in [4.78, 5) is 12.4. The highest BCUT2D eigenvalue weighted by atomic mass is 35.5. The van der Waals surface area contributed by atoms with Gasteiger partial charge in [-0.2, -0.15) is 0 Å². The Balaban J connectivity index is 1.81. The lowest BCUT2D eigenvalue weighted by Crippen LogP contribution is -2.13. The van der Waals surface area contributed by atoms with Crippen molar-refractivity contribution in [3.63, 3.8) is 0 Å². The predicted octanol–water partition coefficient (Wildman–Crippen LogP) is 4.56. The van der Waals surface area contributed by atoms with Crippen molar-refractivity contribution < 1.29 is 14.1 Å². The van der Waals surface area contributed by atoms with Gasteiger partial charge in [0.25, 0.3) is 5.91 Å². The minimum absolute atomic E-state index is 0.184. The number of carbonyl (C=O) groups excluding carboxylic acids is 1. The SMILES string of the molecule is COc1ccc(C)cc1NC(=O)c1cc(-c2ccc(Cl)cc2)on1. The van der Waals surface area contributed by atoms with Gasteiger partial charge in [0, 0.05) is 16.7 Å². The first kappa shape index (κ1) is 16.1. The summed E-state index contributed by atoms with van der Waals surface area (Å²) in [5, 5.41) is 7.24. The molecule has 0 bridgehead atoms. The van der Waals surface area contributed by atoms with E-state index in [0.29, 0.717) is 22.2 Å². The van der Waals surface area contributed by atoms with Gasteiger partial charge < -0.3 is 14.6 Å². The van der Waals surface area contributed by atoms with Crippen LogP contribution in [0.1, 0.15) is 16.1 Å². The summed E-state index contributed by atoms with van der Waals surface area (Å²) < 4.78 is 10.5. The van der Waals surface area contributed by atoms with Gasteiger partial charge in [0.1, 0.15) is 5.75 Å². The number of nitrogens with zero attached hydrogens (tertiary/aromatic N) is 1. The van der Waals surface area contributed by atoms with Gasteiger partial charge >= 0.3 is 0 Å². The average Bonchev–Trinajstić information content (AvgIpc) is 3.06. The van der Waals surface area contributed by atoms with Crippen LogP contribution in [-0.2, 0) is 0 Å². The minimum Gasteiger partial charge on any atom is -0.495 e. The first-order chi connectivity index (χ1) is 11.6. The number of amides is 1. The van der Waals surface area contributed by atoms with Gasteiger partial charge in [0.2, 0.25) is 0 Å². The first-order valence-electron chi connectivity index (χ1n) is 7.25. The van der Waals surface area contributed by atoms with E-state index in [9.17, 15) is 4.79 Å². The molecule has 0 aliphatic rings. The summed E-state index contributed by atoms with van der Waals surface area (Å²) in [7, 11) is 1.55. The normalized spacial score (nSPS) is 10.5. The molecule has 0 aliphatic carbocycles. The zero-order valence-electron chi connectivity index (χ0n) is 13.2. The second kappa shape index (κ2) is 6.76. The van der Waals surface area contributed by atoms with E-state index in [1.807, 2.05) is 19.1 Å². The van der Waals surface area contributed by atoms with E-state index in [1.54, 1.807) is 43.5 Å². The Kier molecular flexibility index (Phi) is 4.53. The molecule has 6 heteroatoms. The molecule has 0 saturated heterocycles. The number of anilines is 1. The quantitative estimate of drug-likeness (QED) is 0.754. The van der Waals surface area contributed by atoms with Crippen molar-refractivity contribution in [3.05, 3.63) is 64.8 Å². The van der Waals surface area contributed by atoms with E-state index < -0.39 is 0 Å². The summed E-state index contributed by atoms with van der Waals surface area (Å²) in [6, 6.07) is 14.2. The van der Waals surface area contributed by atoms with Crippen LogP contribution in [0, 0.1) is 6.92 Å². The Hall–Kier alpha value is -2.79. The highest BCUT2D eigenvalue weighted by Gasteiger charge is 2.15. The zero-order valence-corrected chi connectivity index (χ0v) is 13.9. The van der Waals surface area contributed by atoms with Crippen molar-refractivity contribution in [3.8, 4) is 17.1 Å². The maximum Gasteiger partial charge on any atom is 0.277 e. The maximum absolute atomic E-state index is 12.4. The van der Waals surface area contributed by atoms with Crippen LogP contribution in [0.15, 0.2) is 53.1 Å². The third-order valence-corrected chi connectivity index (χ3v) is 3.73. The van der Waals surface area contributed by atoms with E-state index in [1.165, 1.54) is 0 Å². The van der Waals surface area contributed by atoms with Crippen molar-refractivity contribution in [2.45, 2.75) is 6.92 Å². The summed E-state index contributed by atoms with van der Waals surface area (Å²) in [5.74, 6) is 0.700. The summed E-state index contributed by atoms with van der Waals surface area (Å²) in [6.45, 7) is 1.93. The molecule has 24 heavy (non-hydrogen) atoms. The van der Waals surface area contributed by atoms with E-state index in [2.05, 4.69) is 10.5 Å². The molecule has 3 rings (SSSR count). The summed E-state index contributed by atoms with van der Waals surface area (Å²) in [6.07, 6.45) is 0. The van der Waals surface area contributed by atoms with E-state index in [0.717, 1.165) is 11.1 Å². The summed E-state index contributed by atoms with van der Waals surface area (Å²) >= 11 is 5.86. The fourth-order valence-electron chi connectivity index (χ4n) is 2.24. The summed E-state index contributed by atoms with van der Waals surface area (Å²) in [5.41, 5.74) is 2.56. The van der Waals surface area contributed by atoms with Gasteiger partial charge in [0.15, 0.2) is 11.5 Å². The molecular weight excluding hydrogens is 328 g/mol. The maximum atomic E-state index is 12.4. The van der Waals surface area contributed by atoms with Crippen molar-refractivity contribution in [1.82, 2.24) is 5.16 Å². The molecule has 0 aliphatic heterocycles. The lowest BCUT2D eigenvalue weighted by atomic mass is 10.1. The van der Waals surface area contributed by atoms with Gasteiger partial charge in [-0.1, -0.05) is 22.8 Å². The van der Waals surface area contributed by atoms with Crippen LogP contribution in [-0.4, -0.2) is 18.2 Å². The van der Waals surface area contributed by atoms with Crippen molar-refractivity contribution >= 4 is 23.2 Å². The molecule has 0 spiro atoms. The van der Waals surface area contributed by atoms with Gasteiger partial charge in [-0.3, -0.25) is 4.79 Å². The number of methoxy groups -OCH3 is 1. The number of rotatable bonds is 4. The second-order valence-corrected chi connectivity index (χ2v) is 5.68. The molecule has 0 fully saturated rings. The fraction of sp³-hybridized carbons (Fsp3) is 0.111. The number of ether oxygens (including phenoxy) is 1. The third-order valence-electron chi connectivity index (χ3n) is 3.47. The van der Waals surface area contributed by atoms with Crippen molar-refractivity contribution in [2.24, 2.45) is 0 Å². The Bertz CT molecular complexity index is 872. The van der Waals surface area contributed by atoms with Crippen LogP contribution in [0.2, 0.25) is 5.02 Å². The molecule has 122 valence electrons. The molecule has 0 unspecified atom stereocenters. The number of aromatic nitrogens is 1. The highest BCUT2D eigenvalue weighted by Crippen LogP contribution is 2.27. The van der Waals surface area contributed by atoms with Gasteiger partial charge in [-0.05, 0) is 48.9 Å². The Morgan fingerprint density at radius 2 is 1.92 bits per heavy atom. The molecule has 1 N–H and O–H groups in total. The topological polar surface area (TPSA) is 64.4 Å². The van der Waals surface area contributed by atoms with Crippen molar-refractivity contribution in [1.29, 1.82) is 0 Å². The molecule has 0 saturated carbocycles. The van der Waals surface area contributed by atoms with Crippen LogP contribution in [0.5, 0.6) is 5.75 Å². The number of hydrogen-bond donors (Lipinski definition) is 1. The molecule has 0 radical (unpaired) electrons. The number of benzene rings is 2. The molecule has 5 nitrogen and oxygen atoms in total. The number of nitrogens with one attached hydrogen (secondary N) is 1. The smallest absolute Gasteiger partial charge is 0.277 e. The Morgan fingerprint density at radius 3 is 2.62 bits per heavy atom. The predicted molar refractivity (Wildman–Crippen MR) is 92.6 cm³/mol. The average molecular weight is 343 g/mol. The lowest BCUT2D eigenvalue weighted by Gasteiger charge is -2.09. The first-order valence-corrected chi connectivity index (χ1v) is 7.63. The Morgan fingerprint density at radius 1 is 1.17 bits per heavy atom. The van der Waals surface area contributed by atoms with E-state index >= 15 is 0 Å². The molecule has 0 atom stereocenters. The molecule has 2 aromatic carbocycles. The number of hydrogen-bond acceptors (Lipinski definition) is 4. The third kappa shape index (κ3) is 3.41. The lowest BCUT2D eigenvalue weighted by molar-refractivity contribution is 0.101. The highest BCUT2D eigenvalue weighted by molar-refractivity contribution is 6.30. The van der Waals surface area contributed by atoms with Crippen LogP contribution >= 0.6 is 11.6 Å². The number of aryl methyl sites for hydroxylation is 1. The van der Waals surface area contributed by atoms with Crippen molar-refractivity contribution in [2.75, 3.05) is 12.4 Å². The van der Waals surface area contributed by atoms with Gasteiger partial charge in [-0.25, -0.2) is 0 Å². The molecule has 1 heterocycles. The monoisotopic (exact) mass is 342 g/mol. The fourth-order valence-corrected chi connectivity index (χ4v) is 2.36. The molecular formula is C18H15ClN2O3. The van der Waals surface area contributed by atoms with Crippen LogP contribution < -0.4 is 10.1 Å². The van der Waals surface area contributed by atoms with E-state index in [4.69, 9.17) is 20.9 Å². The molecule has 3 aromatic rings. The zero-order chi connectivity index (χ0) is 17.1. The van der Waals surface area contributed by atoms with Crippen LogP contribution in [0.25, 0.3) is 11.3 Å². The van der Waals surface area contributed by atoms with Gasteiger partial charge in [-0.15, -0.1) is 0 Å². The second-order valence-electron chi connectivity index (χ2n) is 5.24. The van der Waals surface area contributed by atoms with Crippen LogP contribution in [0.4, 0.5) is 5.69 Å². The Labute approximate surface area is 144 Å². The number of carbonyl (C=O) groups is 1.